The molecule has 0 aliphatic rings. The van der Waals surface area contributed by atoms with E-state index >= 15 is 0 Å². The fraction of sp³-hybridized carbons (Fsp3) is 0.346. The van der Waals surface area contributed by atoms with Crippen LogP contribution in [0.15, 0.2) is 55.4 Å². The lowest BCUT2D eigenvalue weighted by molar-refractivity contribution is -0.142. The van der Waals surface area contributed by atoms with Crippen LogP contribution in [0.5, 0.6) is 0 Å². The minimum Gasteiger partial charge on any atom is -0.480 e. The Balaban J connectivity index is 1.78. The second-order valence-electron chi connectivity index (χ2n) is 9.38. The normalized spacial score (nSPS) is 13.8. The van der Waals surface area contributed by atoms with Crippen LogP contribution >= 0.6 is 0 Å². The molecule has 0 spiro atoms. The summed E-state index contributed by atoms with van der Waals surface area (Å²) in [6.07, 6.45) is 5.51. The zero-order valence-electron chi connectivity index (χ0n) is 22.1. The Bertz CT molecular complexity index is 1300. The molecule has 15 nitrogen and oxygen atoms in total. The lowest BCUT2D eigenvalue weighted by Gasteiger charge is -2.25. The molecule has 0 radical (unpaired) electrons. The highest BCUT2D eigenvalue weighted by Crippen LogP contribution is 2.08. The molecule has 3 rings (SSSR count). The van der Waals surface area contributed by atoms with Gasteiger partial charge in [0.25, 0.3) is 0 Å². The van der Waals surface area contributed by atoms with Crippen LogP contribution in [0.4, 0.5) is 0 Å². The van der Waals surface area contributed by atoms with Gasteiger partial charge in [-0.1, -0.05) is 30.3 Å². The van der Waals surface area contributed by atoms with Gasteiger partial charge in [0.2, 0.25) is 23.6 Å². The molecular formula is C26H33N9O6. The number of hydrogen-bond donors (Lipinski definition) is 8. The predicted octanol–water partition coefficient (Wildman–Crippen LogP) is -1.71. The fourth-order valence-corrected chi connectivity index (χ4v) is 3.98. The van der Waals surface area contributed by atoms with Crippen LogP contribution in [0.2, 0.25) is 0 Å². The van der Waals surface area contributed by atoms with E-state index in [1.165, 1.54) is 25.0 Å². The maximum Gasteiger partial charge on any atom is 0.326 e. The molecule has 4 amide bonds. The van der Waals surface area contributed by atoms with E-state index in [0.717, 1.165) is 5.56 Å². The van der Waals surface area contributed by atoms with Crippen molar-refractivity contribution < 1.29 is 29.1 Å². The van der Waals surface area contributed by atoms with Crippen LogP contribution in [0.3, 0.4) is 0 Å². The molecule has 0 saturated heterocycles. The zero-order valence-corrected chi connectivity index (χ0v) is 22.1. The van der Waals surface area contributed by atoms with Gasteiger partial charge in [0.15, 0.2) is 0 Å². The first-order valence-electron chi connectivity index (χ1n) is 12.8. The Hall–Kier alpha value is -5.05. The van der Waals surface area contributed by atoms with Gasteiger partial charge >= 0.3 is 5.97 Å². The number of imidazole rings is 2. The zero-order chi connectivity index (χ0) is 29.8. The van der Waals surface area contributed by atoms with E-state index in [1.807, 2.05) is 0 Å². The van der Waals surface area contributed by atoms with E-state index in [1.54, 1.807) is 30.3 Å². The van der Waals surface area contributed by atoms with E-state index in [-0.39, 0.29) is 32.1 Å². The van der Waals surface area contributed by atoms with Gasteiger partial charge < -0.3 is 42.5 Å². The average Bonchev–Trinajstić information content (AvgIpc) is 3.65. The molecule has 0 saturated carbocycles. The first-order chi connectivity index (χ1) is 19.6. The highest BCUT2D eigenvalue weighted by atomic mass is 16.4. The van der Waals surface area contributed by atoms with Gasteiger partial charge in [-0.15, -0.1) is 0 Å². The summed E-state index contributed by atoms with van der Waals surface area (Å²) in [5.41, 5.74) is 13.0. The van der Waals surface area contributed by atoms with Crippen LogP contribution in [0.1, 0.15) is 29.8 Å². The van der Waals surface area contributed by atoms with Crippen LogP contribution in [-0.2, 0) is 43.2 Å². The van der Waals surface area contributed by atoms with Crippen molar-refractivity contribution in [2.45, 2.75) is 56.3 Å². The lowest BCUT2D eigenvalue weighted by atomic mass is 10.0. The van der Waals surface area contributed by atoms with Crippen molar-refractivity contribution in [1.29, 1.82) is 0 Å². The van der Waals surface area contributed by atoms with Crippen molar-refractivity contribution in [3.8, 4) is 0 Å². The Morgan fingerprint density at radius 2 is 1.32 bits per heavy atom. The van der Waals surface area contributed by atoms with Crippen molar-refractivity contribution in [3.63, 3.8) is 0 Å². The highest BCUT2D eigenvalue weighted by Gasteiger charge is 2.31. The number of nitrogens with two attached hydrogens (primary N) is 2. The minimum absolute atomic E-state index is 0.0644. The van der Waals surface area contributed by atoms with Crippen LogP contribution in [0, 0.1) is 0 Å². The molecule has 218 valence electrons. The minimum atomic E-state index is -1.42. The van der Waals surface area contributed by atoms with Crippen molar-refractivity contribution in [2.24, 2.45) is 11.5 Å². The summed E-state index contributed by atoms with van der Waals surface area (Å²) in [6, 6.07) is 4.13. The van der Waals surface area contributed by atoms with Crippen LogP contribution < -0.4 is 27.4 Å². The first kappa shape index (κ1) is 30.5. The lowest BCUT2D eigenvalue weighted by Crippen LogP contribution is -2.58. The van der Waals surface area contributed by atoms with Crippen LogP contribution in [0.25, 0.3) is 0 Å². The summed E-state index contributed by atoms with van der Waals surface area (Å²) >= 11 is 0. The summed E-state index contributed by atoms with van der Waals surface area (Å²) in [4.78, 5) is 76.0. The third kappa shape index (κ3) is 9.89. The van der Waals surface area contributed by atoms with E-state index in [0.29, 0.717) is 11.4 Å². The molecule has 4 unspecified atom stereocenters. The number of primary amides is 1. The highest BCUT2D eigenvalue weighted by molar-refractivity contribution is 5.94. The monoisotopic (exact) mass is 567 g/mol. The number of hydrogen-bond acceptors (Lipinski definition) is 8. The smallest absolute Gasteiger partial charge is 0.326 e. The van der Waals surface area contributed by atoms with Crippen molar-refractivity contribution in [1.82, 2.24) is 35.9 Å². The third-order valence-electron chi connectivity index (χ3n) is 6.15. The Labute approximate surface area is 234 Å². The molecule has 15 heteroatoms. The van der Waals surface area contributed by atoms with E-state index in [9.17, 15) is 29.1 Å². The molecular weight excluding hydrogens is 534 g/mol. The number of aromatic amines is 2. The van der Waals surface area contributed by atoms with Crippen molar-refractivity contribution in [2.75, 3.05) is 0 Å². The summed E-state index contributed by atoms with van der Waals surface area (Å²) in [7, 11) is 0. The number of carboxylic acids is 1. The molecule has 1 aromatic carbocycles. The molecule has 2 heterocycles. The van der Waals surface area contributed by atoms with Gasteiger partial charge in [-0.2, -0.15) is 0 Å². The van der Waals surface area contributed by atoms with E-state index in [2.05, 4.69) is 35.9 Å². The topological polar surface area (TPSA) is 251 Å². The molecule has 2 aromatic heterocycles. The Morgan fingerprint density at radius 1 is 0.780 bits per heavy atom. The molecule has 41 heavy (non-hydrogen) atoms. The number of carbonyl (C=O) groups excluding carboxylic acids is 4. The van der Waals surface area contributed by atoms with E-state index in [4.69, 9.17) is 11.5 Å². The van der Waals surface area contributed by atoms with Gasteiger partial charge in [0, 0.05) is 49.5 Å². The fourth-order valence-electron chi connectivity index (χ4n) is 3.98. The summed E-state index contributed by atoms with van der Waals surface area (Å²) in [6.45, 7) is 0. The molecule has 10 N–H and O–H groups in total. The largest absolute Gasteiger partial charge is 0.480 e. The SMILES string of the molecule is NC(=O)CCC(NC(=O)C(Cc1cnc[nH]1)NC(=O)C(Cc1ccccc1)NC(=O)C(N)Cc1cnc[nH]1)C(=O)O. The standard InChI is InChI=1S/C26H33N9O6/c27-18(9-16-11-29-13-31-16)23(37)34-20(8-15-4-2-1-3-5-15)24(38)35-21(10-17-12-30-14-32-17)25(39)33-19(26(40)41)6-7-22(28)36/h1-5,11-14,18-21H,6-10,27H2,(H2,28,36)(H,29,31)(H,30,32)(H,33,39)(H,34,37)(H,35,38)(H,40,41). The summed E-state index contributed by atoms with van der Waals surface area (Å²) in [5.74, 6) is -4.20. The molecule has 3 aromatic rings. The number of carbonyl (C=O) groups is 5. The molecule has 0 fully saturated rings. The Kier molecular flexibility index (Phi) is 11.1. The number of nitrogens with one attached hydrogen (secondary N) is 5. The molecule has 0 aliphatic carbocycles. The molecule has 4 atom stereocenters. The van der Waals surface area contributed by atoms with Gasteiger partial charge in [0.1, 0.15) is 18.1 Å². The second kappa shape index (κ2) is 14.9. The maximum atomic E-state index is 13.5. The third-order valence-corrected chi connectivity index (χ3v) is 6.15. The molecule has 0 bridgehead atoms. The molecule has 0 aliphatic heterocycles. The maximum absolute atomic E-state index is 13.5. The number of nitrogens with zero attached hydrogens (tertiary/aromatic N) is 2. The quantitative estimate of drug-likeness (QED) is 0.0979. The van der Waals surface area contributed by atoms with Gasteiger partial charge in [-0.25, -0.2) is 14.8 Å². The Morgan fingerprint density at radius 3 is 1.85 bits per heavy atom. The number of aliphatic carboxylic acids is 1. The number of benzene rings is 1. The second-order valence-corrected chi connectivity index (χ2v) is 9.38. The summed E-state index contributed by atoms with van der Waals surface area (Å²) < 4.78 is 0. The number of carboxylic acid groups (broad SMARTS) is 1. The van der Waals surface area contributed by atoms with Gasteiger partial charge in [-0.05, 0) is 12.0 Å². The summed E-state index contributed by atoms with van der Waals surface area (Å²) in [5, 5.41) is 17.1. The predicted molar refractivity (Wildman–Crippen MR) is 145 cm³/mol. The van der Waals surface area contributed by atoms with E-state index < -0.39 is 53.8 Å². The van der Waals surface area contributed by atoms with Crippen molar-refractivity contribution in [3.05, 3.63) is 72.3 Å². The van der Waals surface area contributed by atoms with Crippen molar-refractivity contribution >= 4 is 29.6 Å². The number of amides is 4. The van der Waals surface area contributed by atoms with Gasteiger partial charge in [-0.3, -0.25) is 19.2 Å². The number of rotatable bonds is 16. The van der Waals surface area contributed by atoms with Crippen LogP contribution in [-0.4, -0.2) is 78.8 Å². The number of H-pyrrole nitrogens is 2. The van der Waals surface area contributed by atoms with Gasteiger partial charge in [0.05, 0.1) is 18.7 Å². The average molecular weight is 568 g/mol. The number of aromatic nitrogens is 4. The first-order valence-corrected chi connectivity index (χ1v) is 12.8.